The largest absolute Gasteiger partial charge is 0.379 e. The van der Waals surface area contributed by atoms with Crippen LogP contribution < -0.4 is 11.1 Å². The summed E-state index contributed by atoms with van der Waals surface area (Å²) in [6.07, 6.45) is 4.72. The third-order valence-electron chi connectivity index (χ3n) is 4.94. The first-order valence-electron chi connectivity index (χ1n) is 9.42. The highest BCUT2D eigenvalue weighted by Crippen LogP contribution is 2.35. The Balaban J connectivity index is 1.80. The Morgan fingerprint density at radius 2 is 2.13 bits per heavy atom. The Morgan fingerprint density at radius 3 is 2.80 bits per heavy atom. The molecule has 0 saturated carbocycles. The molecule has 1 atom stereocenters. The Bertz CT molecular complexity index is 1010. The number of hydrogen-bond donors (Lipinski definition) is 2. The second-order valence-corrected chi connectivity index (χ2v) is 7.76. The molecule has 1 amide bonds. The molecular weight excluding hydrogens is 455 g/mol. The Morgan fingerprint density at radius 1 is 1.33 bits per heavy atom. The van der Waals surface area contributed by atoms with Crippen molar-refractivity contribution in [3.05, 3.63) is 69.6 Å². The van der Waals surface area contributed by atoms with Crippen molar-refractivity contribution in [2.75, 3.05) is 32.8 Å². The molecule has 30 heavy (non-hydrogen) atoms. The van der Waals surface area contributed by atoms with E-state index in [0.717, 1.165) is 13.1 Å². The van der Waals surface area contributed by atoms with Crippen LogP contribution in [0.4, 0.5) is 4.39 Å². The number of aliphatic imine (C=N–C) groups is 1. The van der Waals surface area contributed by atoms with Gasteiger partial charge in [-0.1, -0.05) is 22.0 Å². The third-order valence-corrected chi connectivity index (χ3v) is 5.63. The molecule has 10 heteroatoms. The van der Waals surface area contributed by atoms with Gasteiger partial charge in [0.2, 0.25) is 5.91 Å². The lowest BCUT2D eigenvalue weighted by Crippen LogP contribution is -2.44. The lowest BCUT2D eigenvalue weighted by molar-refractivity contribution is -0.114. The van der Waals surface area contributed by atoms with E-state index in [1.54, 1.807) is 24.7 Å². The van der Waals surface area contributed by atoms with Crippen LogP contribution in [0.3, 0.4) is 0 Å². The molecule has 2 aromatic rings. The lowest BCUT2D eigenvalue weighted by Gasteiger charge is -2.32. The van der Waals surface area contributed by atoms with Crippen molar-refractivity contribution in [3.63, 3.8) is 0 Å². The zero-order valence-corrected chi connectivity index (χ0v) is 17.6. The molecule has 0 bridgehead atoms. The molecule has 1 fully saturated rings. The Labute approximate surface area is 181 Å². The molecule has 3 heterocycles. The van der Waals surface area contributed by atoms with E-state index < -0.39 is 17.8 Å². The number of aromatic nitrogens is 2. The number of nitrogens with zero attached hydrogens (tertiary/aromatic N) is 4. The van der Waals surface area contributed by atoms with E-state index in [1.807, 2.05) is 0 Å². The number of hydrogen-bond acceptors (Lipinski definition) is 7. The predicted molar refractivity (Wildman–Crippen MR) is 112 cm³/mol. The summed E-state index contributed by atoms with van der Waals surface area (Å²) < 4.78 is 19.6. The molecule has 1 saturated heterocycles. The van der Waals surface area contributed by atoms with E-state index in [1.165, 1.54) is 12.1 Å². The van der Waals surface area contributed by atoms with E-state index in [2.05, 4.69) is 36.1 Å². The van der Waals surface area contributed by atoms with Crippen molar-refractivity contribution in [2.24, 2.45) is 10.7 Å². The number of halogens is 2. The quantitative estimate of drug-likeness (QED) is 0.680. The van der Waals surface area contributed by atoms with Crippen LogP contribution in [0.25, 0.3) is 0 Å². The molecular formula is C20H20BrFN6O2. The molecule has 0 radical (unpaired) electrons. The number of amidine groups is 1. The maximum atomic E-state index is 13.7. The summed E-state index contributed by atoms with van der Waals surface area (Å²) in [5, 5.41) is 3.23. The van der Waals surface area contributed by atoms with Crippen molar-refractivity contribution in [1.29, 1.82) is 0 Å². The van der Waals surface area contributed by atoms with Gasteiger partial charge in [0, 0.05) is 42.2 Å². The van der Waals surface area contributed by atoms with Crippen molar-refractivity contribution in [1.82, 2.24) is 20.2 Å². The fourth-order valence-electron chi connectivity index (χ4n) is 3.49. The van der Waals surface area contributed by atoms with Gasteiger partial charge < -0.3 is 15.8 Å². The first kappa shape index (κ1) is 20.6. The molecule has 0 aliphatic carbocycles. The van der Waals surface area contributed by atoms with Crippen molar-refractivity contribution in [3.8, 4) is 0 Å². The number of ether oxygens (including phenoxy) is 1. The maximum absolute atomic E-state index is 13.7. The normalized spacial score (nSPS) is 19.9. The van der Waals surface area contributed by atoms with Gasteiger partial charge in [0.15, 0.2) is 5.84 Å². The van der Waals surface area contributed by atoms with E-state index in [9.17, 15) is 9.18 Å². The van der Waals surface area contributed by atoms with Gasteiger partial charge in [-0.25, -0.2) is 9.37 Å². The standard InChI is InChI=1S/C20H20BrFN6O2/c21-14-9-12(22)1-2-13(14)18-17(19(23)29)16(11-28-5-7-30-8-6-28)26-20(27-18)15-10-24-3-4-25-15/h1-4,9-10,18H,5-8,11H2,(H2,23,29)(H,26,27). The number of rotatable bonds is 5. The van der Waals surface area contributed by atoms with Gasteiger partial charge in [-0.3, -0.25) is 19.7 Å². The number of nitrogens with one attached hydrogen (secondary N) is 1. The molecule has 1 aromatic carbocycles. The highest BCUT2D eigenvalue weighted by Gasteiger charge is 2.32. The monoisotopic (exact) mass is 474 g/mol. The van der Waals surface area contributed by atoms with Crippen molar-refractivity contribution >= 4 is 27.7 Å². The van der Waals surface area contributed by atoms with Gasteiger partial charge in [-0.15, -0.1) is 0 Å². The SMILES string of the molecule is NC(=O)C1=C(CN2CCOCC2)NC(c2cnccn2)=NC1c1ccc(F)cc1Br. The Kier molecular flexibility index (Phi) is 6.16. The highest BCUT2D eigenvalue weighted by molar-refractivity contribution is 9.10. The number of primary amides is 1. The van der Waals surface area contributed by atoms with Gasteiger partial charge >= 0.3 is 0 Å². The Hall–Kier alpha value is -2.69. The number of carbonyl (C=O) groups excluding carboxylic acids is 1. The van der Waals surface area contributed by atoms with E-state index in [0.29, 0.717) is 52.6 Å². The van der Waals surface area contributed by atoms with Gasteiger partial charge in [0.1, 0.15) is 17.6 Å². The van der Waals surface area contributed by atoms with Crippen LogP contribution in [0, 0.1) is 5.82 Å². The minimum atomic E-state index is -0.716. The zero-order valence-electron chi connectivity index (χ0n) is 16.0. The van der Waals surface area contributed by atoms with Gasteiger partial charge in [-0.2, -0.15) is 0 Å². The van der Waals surface area contributed by atoms with Crippen LogP contribution in [0.5, 0.6) is 0 Å². The van der Waals surface area contributed by atoms with Crippen molar-refractivity contribution in [2.45, 2.75) is 6.04 Å². The predicted octanol–water partition coefficient (Wildman–Crippen LogP) is 1.54. The summed E-state index contributed by atoms with van der Waals surface area (Å²) in [6, 6.07) is 3.56. The summed E-state index contributed by atoms with van der Waals surface area (Å²) in [7, 11) is 0. The average Bonchev–Trinajstić information content (AvgIpc) is 2.74. The summed E-state index contributed by atoms with van der Waals surface area (Å²) in [5.41, 5.74) is 7.93. The number of nitrogens with two attached hydrogens (primary N) is 1. The minimum Gasteiger partial charge on any atom is -0.379 e. The zero-order chi connectivity index (χ0) is 21.1. The molecule has 1 unspecified atom stereocenters. The summed E-state index contributed by atoms with van der Waals surface area (Å²) >= 11 is 3.39. The smallest absolute Gasteiger partial charge is 0.248 e. The van der Waals surface area contributed by atoms with Crippen molar-refractivity contribution < 1.29 is 13.9 Å². The number of carbonyl (C=O) groups is 1. The molecule has 1 aromatic heterocycles. The molecule has 2 aliphatic heterocycles. The molecule has 0 spiro atoms. The molecule has 3 N–H and O–H groups in total. The molecule has 4 rings (SSSR count). The first-order chi connectivity index (χ1) is 14.5. The van der Waals surface area contributed by atoms with Crippen LogP contribution in [-0.4, -0.2) is 59.5 Å². The topological polar surface area (TPSA) is 106 Å². The highest BCUT2D eigenvalue weighted by atomic mass is 79.9. The number of benzene rings is 1. The molecule has 2 aliphatic rings. The maximum Gasteiger partial charge on any atom is 0.248 e. The molecule has 8 nitrogen and oxygen atoms in total. The minimum absolute atomic E-state index is 0.335. The van der Waals surface area contributed by atoms with Crippen LogP contribution in [0.15, 0.2) is 57.5 Å². The van der Waals surface area contributed by atoms with Gasteiger partial charge in [0.05, 0.1) is 25.0 Å². The average molecular weight is 475 g/mol. The second kappa shape index (κ2) is 8.99. The van der Waals surface area contributed by atoms with Crippen LogP contribution >= 0.6 is 15.9 Å². The van der Waals surface area contributed by atoms with E-state index in [-0.39, 0.29) is 0 Å². The first-order valence-corrected chi connectivity index (χ1v) is 10.2. The molecule has 156 valence electrons. The van der Waals surface area contributed by atoms with Crippen LogP contribution in [-0.2, 0) is 9.53 Å². The number of amides is 1. The van der Waals surface area contributed by atoms with E-state index in [4.69, 9.17) is 15.5 Å². The summed E-state index contributed by atoms with van der Waals surface area (Å²) in [4.78, 5) is 27.8. The third kappa shape index (κ3) is 4.40. The fraction of sp³-hybridized carbons (Fsp3) is 0.300. The summed E-state index contributed by atoms with van der Waals surface area (Å²) in [5.74, 6) is -0.512. The summed E-state index contributed by atoms with van der Waals surface area (Å²) in [6.45, 7) is 3.18. The lowest BCUT2D eigenvalue weighted by atomic mass is 9.94. The van der Waals surface area contributed by atoms with Crippen LogP contribution in [0.2, 0.25) is 0 Å². The van der Waals surface area contributed by atoms with E-state index >= 15 is 0 Å². The fourth-order valence-corrected chi connectivity index (χ4v) is 4.06. The van der Waals surface area contributed by atoms with Gasteiger partial charge in [0.25, 0.3) is 0 Å². The van der Waals surface area contributed by atoms with Crippen LogP contribution in [0.1, 0.15) is 17.3 Å². The van der Waals surface area contributed by atoms with Gasteiger partial charge in [-0.05, 0) is 17.7 Å². The number of morpholine rings is 1. The second-order valence-electron chi connectivity index (χ2n) is 6.91.